The number of carbonyl (C=O) groups excluding carboxylic acids is 1. The van der Waals surface area contributed by atoms with Crippen LogP contribution in [0.1, 0.15) is 50.3 Å². The second-order valence-electron chi connectivity index (χ2n) is 8.70. The first-order valence-corrected chi connectivity index (χ1v) is 11.4. The van der Waals surface area contributed by atoms with Crippen LogP contribution in [-0.2, 0) is 4.79 Å². The van der Waals surface area contributed by atoms with Crippen molar-refractivity contribution in [3.8, 4) is 11.8 Å². The Morgan fingerprint density at radius 1 is 1.13 bits per heavy atom. The van der Waals surface area contributed by atoms with Crippen LogP contribution in [0.3, 0.4) is 0 Å². The van der Waals surface area contributed by atoms with E-state index in [9.17, 15) is 4.79 Å². The molecule has 2 aromatic rings. The second kappa shape index (κ2) is 11.8. The van der Waals surface area contributed by atoms with Crippen LogP contribution in [-0.4, -0.2) is 35.4 Å². The number of hydrogen-bond donors (Lipinski definition) is 1. The highest BCUT2D eigenvalue weighted by Crippen LogP contribution is 2.26. The third kappa shape index (κ3) is 9.04. The molecule has 3 rings (SSSR count). The molecule has 31 heavy (non-hydrogen) atoms. The fraction of sp³-hybridized carbons (Fsp3) is 0.440. The van der Waals surface area contributed by atoms with Gasteiger partial charge < -0.3 is 10.1 Å². The Kier molecular flexibility index (Phi) is 9.42. The lowest BCUT2D eigenvalue weighted by Crippen LogP contribution is -2.39. The molecule has 6 heteroatoms. The van der Waals surface area contributed by atoms with Gasteiger partial charge in [-0.25, -0.2) is 4.31 Å². The predicted octanol–water partition coefficient (Wildman–Crippen LogP) is 5.26. The van der Waals surface area contributed by atoms with E-state index in [-0.39, 0.29) is 5.60 Å². The molecule has 1 amide bonds. The molecule has 1 N–H and O–H groups in total. The zero-order valence-corrected chi connectivity index (χ0v) is 20.0. The standard InChI is InChI=1S/C13H15N3OS.C12H18O/c14-9-11-1-3-13(4-2-11)18-16-7-5-12(6-8-16)15-10-17;1-9-6-7-10(2)11(8-9)13-12(3,4)5/h1-4,10,12H,5-8H2,(H,15,17);6-8H,1-5H3. The van der Waals surface area contributed by atoms with E-state index in [0.717, 1.165) is 43.0 Å². The summed E-state index contributed by atoms with van der Waals surface area (Å²) >= 11 is 1.71. The van der Waals surface area contributed by atoms with Gasteiger partial charge in [-0.1, -0.05) is 12.1 Å². The van der Waals surface area contributed by atoms with E-state index in [1.54, 1.807) is 11.9 Å². The summed E-state index contributed by atoms with van der Waals surface area (Å²) in [5.41, 5.74) is 3.01. The average molecular weight is 440 g/mol. The van der Waals surface area contributed by atoms with Crippen molar-refractivity contribution in [3.63, 3.8) is 0 Å². The van der Waals surface area contributed by atoms with Crippen LogP contribution in [0.4, 0.5) is 0 Å². The van der Waals surface area contributed by atoms with Crippen molar-refractivity contribution in [1.29, 1.82) is 5.26 Å². The lowest BCUT2D eigenvalue weighted by molar-refractivity contribution is -0.110. The molecule has 1 aliphatic heterocycles. The minimum Gasteiger partial charge on any atom is -0.488 e. The monoisotopic (exact) mass is 439 g/mol. The predicted molar refractivity (Wildman–Crippen MR) is 127 cm³/mol. The van der Waals surface area contributed by atoms with E-state index in [2.05, 4.69) is 68.5 Å². The maximum Gasteiger partial charge on any atom is 0.207 e. The van der Waals surface area contributed by atoms with Crippen molar-refractivity contribution in [1.82, 2.24) is 9.62 Å². The SMILES string of the molecule is Cc1ccc(C)c(OC(C)(C)C)c1.N#Cc1ccc(SN2CCC(NC=O)CC2)cc1. The minimum absolute atomic E-state index is 0.113. The summed E-state index contributed by atoms with van der Waals surface area (Å²) in [5.74, 6) is 0.993. The molecule has 0 atom stereocenters. The Morgan fingerprint density at radius 2 is 1.77 bits per heavy atom. The van der Waals surface area contributed by atoms with Crippen molar-refractivity contribution in [2.75, 3.05) is 13.1 Å². The van der Waals surface area contributed by atoms with E-state index < -0.39 is 0 Å². The van der Waals surface area contributed by atoms with Crippen LogP contribution in [0.5, 0.6) is 5.75 Å². The van der Waals surface area contributed by atoms with Gasteiger partial charge in [-0.3, -0.25) is 4.79 Å². The summed E-state index contributed by atoms with van der Waals surface area (Å²) in [5, 5.41) is 11.6. The van der Waals surface area contributed by atoms with Crippen molar-refractivity contribution in [2.45, 2.75) is 64.0 Å². The Balaban J connectivity index is 0.000000233. The third-order valence-corrected chi connectivity index (χ3v) is 5.84. The lowest BCUT2D eigenvalue weighted by atomic mass is 10.1. The second-order valence-corrected chi connectivity index (χ2v) is 9.87. The van der Waals surface area contributed by atoms with Crippen LogP contribution in [0.2, 0.25) is 0 Å². The first-order chi connectivity index (χ1) is 14.7. The quantitative estimate of drug-likeness (QED) is 0.509. The van der Waals surface area contributed by atoms with Gasteiger partial charge in [-0.2, -0.15) is 5.26 Å². The minimum atomic E-state index is -0.113. The number of nitrogens with zero attached hydrogens (tertiary/aromatic N) is 2. The molecule has 1 aliphatic rings. The fourth-order valence-electron chi connectivity index (χ4n) is 3.10. The number of amides is 1. The highest BCUT2D eigenvalue weighted by atomic mass is 32.2. The van der Waals surface area contributed by atoms with Gasteiger partial charge in [0.15, 0.2) is 0 Å². The number of hydrogen-bond acceptors (Lipinski definition) is 5. The number of aryl methyl sites for hydroxylation is 2. The van der Waals surface area contributed by atoms with Gasteiger partial charge in [0.05, 0.1) is 11.6 Å². The summed E-state index contributed by atoms with van der Waals surface area (Å²) < 4.78 is 8.11. The van der Waals surface area contributed by atoms with E-state index in [1.807, 2.05) is 24.3 Å². The summed E-state index contributed by atoms with van der Waals surface area (Å²) in [6, 6.07) is 16.3. The normalized spacial score (nSPS) is 14.7. The largest absolute Gasteiger partial charge is 0.488 e. The van der Waals surface area contributed by atoms with Gasteiger partial charge in [0.1, 0.15) is 11.4 Å². The molecule has 0 spiro atoms. The molecule has 1 heterocycles. The lowest BCUT2D eigenvalue weighted by Gasteiger charge is -2.30. The van der Waals surface area contributed by atoms with E-state index in [1.165, 1.54) is 11.1 Å². The topological polar surface area (TPSA) is 65.4 Å². The van der Waals surface area contributed by atoms with Crippen molar-refractivity contribution >= 4 is 18.4 Å². The molecule has 1 saturated heterocycles. The molecule has 0 unspecified atom stereocenters. The summed E-state index contributed by atoms with van der Waals surface area (Å²) in [4.78, 5) is 11.5. The third-order valence-electron chi connectivity index (χ3n) is 4.74. The van der Waals surface area contributed by atoms with Gasteiger partial charge in [-0.15, -0.1) is 0 Å². The highest BCUT2D eigenvalue weighted by Gasteiger charge is 2.19. The molecule has 166 valence electrons. The zero-order chi connectivity index (χ0) is 22.9. The number of carbonyl (C=O) groups is 1. The van der Waals surface area contributed by atoms with Gasteiger partial charge in [0.2, 0.25) is 6.41 Å². The molecule has 0 aromatic heterocycles. The van der Waals surface area contributed by atoms with Gasteiger partial charge >= 0.3 is 0 Å². The molecule has 0 bridgehead atoms. The van der Waals surface area contributed by atoms with Crippen LogP contribution in [0.25, 0.3) is 0 Å². The molecule has 1 fully saturated rings. The van der Waals surface area contributed by atoms with Crippen molar-refractivity contribution in [3.05, 3.63) is 59.2 Å². The van der Waals surface area contributed by atoms with Crippen LogP contribution >= 0.6 is 11.9 Å². The van der Waals surface area contributed by atoms with Gasteiger partial charge in [-0.05, 0) is 101 Å². The van der Waals surface area contributed by atoms with Crippen LogP contribution in [0, 0.1) is 25.2 Å². The number of nitrogens with one attached hydrogen (secondary N) is 1. The summed E-state index contributed by atoms with van der Waals surface area (Å²) in [6.07, 6.45) is 2.76. The first kappa shape index (κ1) is 24.8. The maximum absolute atomic E-state index is 10.3. The first-order valence-electron chi connectivity index (χ1n) is 10.6. The average Bonchev–Trinajstić information content (AvgIpc) is 2.72. The molecular weight excluding hydrogens is 406 g/mol. The Labute approximate surface area is 190 Å². The zero-order valence-electron chi connectivity index (χ0n) is 19.1. The number of piperidine rings is 1. The number of rotatable bonds is 5. The number of nitriles is 1. The molecule has 2 aromatic carbocycles. The molecule has 0 aliphatic carbocycles. The van der Waals surface area contributed by atoms with Crippen molar-refractivity contribution < 1.29 is 9.53 Å². The highest BCUT2D eigenvalue weighted by molar-refractivity contribution is 7.97. The smallest absolute Gasteiger partial charge is 0.207 e. The number of ether oxygens (including phenoxy) is 1. The molecule has 0 radical (unpaired) electrons. The van der Waals surface area contributed by atoms with Crippen LogP contribution < -0.4 is 10.1 Å². The van der Waals surface area contributed by atoms with Crippen molar-refractivity contribution in [2.24, 2.45) is 0 Å². The number of benzene rings is 2. The molecular formula is C25H33N3O2S. The molecule has 5 nitrogen and oxygen atoms in total. The van der Waals surface area contributed by atoms with Gasteiger partial charge in [0, 0.05) is 24.0 Å². The van der Waals surface area contributed by atoms with E-state index in [0.29, 0.717) is 11.6 Å². The van der Waals surface area contributed by atoms with E-state index >= 15 is 0 Å². The summed E-state index contributed by atoms with van der Waals surface area (Å²) in [6.45, 7) is 12.3. The van der Waals surface area contributed by atoms with Crippen LogP contribution in [0.15, 0.2) is 47.4 Å². The van der Waals surface area contributed by atoms with E-state index in [4.69, 9.17) is 10.00 Å². The molecule has 0 saturated carbocycles. The Bertz CT molecular complexity index is 877. The maximum atomic E-state index is 10.3. The van der Waals surface area contributed by atoms with Gasteiger partial charge in [0.25, 0.3) is 0 Å². The fourth-order valence-corrected chi connectivity index (χ4v) is 4.05. The Morgan fingerprint density at radius 3 is 2.32 bits per heavy atom. The summed E-state index contributed by atoms with van der Waals surface area (Å²) in [7, 11) is 0. The Hall–Kier alpha value is -2.49.